The number of fused-ring (bicyclic) bond motifs is 1. The summed E-state index contributed by atoms with van der Waals surface area (Å²) in [6, 6.07) is 7.42. The Morgan fingerprint density at radius 2 is 2.35 bits per heavy atom. The first-order chi connectivity index (χ1) is 9.65. The molecule has 1 aliphatic rings. The lowest BCUT2D eigenvalue weighted by atomic mass is 10.0. The molecule has 5 nitrogen and oxygen atoms in total. The lowest BCUT2D eigenvalue weighted by Gasteiger charge is -2.28. The number of nitrogens with zero attached hydrogens (tertiary/aromatic N) is 2. The van der Waals surface area contributed by atoms with Crippen molar-refractivity contribution in [2.45, 2.75) is 26.0 Å². The van der Waals surface area contributed by atoms with E-state index in [-0.39, 0.29) is 5.91 Å². The van der Waals surface area contributed by atoms with Crippen molar-refractivity contribution in [2.24, 2.45) is 0 Å². The lowest BCUT2D eigenvalue weighted by molar-refractivity contribution is -0.141. The molecule has 2 aromatic rings. The molecule has 3 rings (SSSR count). The molecule has 0 spiro atoms. The SMILES string of the molecule is Cc1cccc(C(O)C(=O)N2CCc3[nH]ncc3C2)c1. The molecule has 1 unspecified atom stereocenters. The van der Waals surface area contributed by atoms with E-state index in [0.29, 0.717) is 18.7 Å². The summed E-state index contributed by atoms with van der Waals surface area (Å²) in [7, 11) is 0. The number of carbonyl (C=O) groups excluding carboxylic acids is 1. The third-order valence-corrected chi connectivity index (χ3v) is 3.70. The van der Waals surface area contributed by atoms with Gasteiger partial charge in [0.1, 0.15) is 0 Å². The van der Waals surface area contributed by atoms with E-state index in [9.17, 15) is 9.90 Å². The molecule has 5 heteroatoms. The summed E-state index contributed by atoms with van der Waals surface area (Å²) in [5, 5.41) is 17.2. The van der Waals surface area contributed by atoms with Gasteiger partial charge in [-0.05, 0) is 12.5 Å². The van der Waals surface area contributed by atoms with Gasteiger partial charge in [0.2, 0.25) is 0 Å². The van der Waals surface area contributed by atoms with Crippen molar-refractivity contribution < 1.29 is 9.90 Å². The van der Waals surface area contributed by atoms with Gasteiger partial charge in [0.25, 0.3) is 5.91 Å². The molecule has 1 aromatic heterocycles. The Hall–Kier alpha value is -2.14. The summed E-state index contributed by atoms with van der Waals surface area (Å²) < 4.78 is 0. The monoisotopic (exact) mass is 271 g/mol. The standard InChI is InChI=1S/C15H17N3O2/c1-10-3-2-4-11(7-10)14(19)15(20)18-6-5-13-12(9-18)8-16-17-13/h2-4,7-8,14,19H,5-6,9H2,1H3,(H,16,17). The number of hydrogen-bond donors (Lipinski definition) is 2. The Labute approximate surface area is 117 Å². The summed E-state index contributed by atoms with van der Waals surface area (Å²) >= 11 is 0. The number of aromatic nitrogens is 2. The Morgan fingerprint density at radius 1 is 1.50 bits per heavy atom. The van der Waals surface area contributed by atoms with Crippen LogP contribution in [0, 0.1) is 6.92 Å². The minimum absolute atomic E-state index is 0.248. The van der Waals surface area contributed by atoms with Crippen LogP contribution in [0.25, 0.3) is 0 Å². The zero-order valence-corrected chi connectivity index (χ0v) is 11.3. The number of hydrogen-bond acceptors (Lipinski definition) is 3. The molecule has 1 aromatic carbocycles. The van der Waals surface area contributed by atoms with Crippen molar-refractivity contribution in [1.82, 2.24) is 15.1 Å². The highest BCUT2D eigenvalue weighted by molar-refractivity contribution is 5.82. The molecular weight excluding hydrogens is 254 g/mol. The van der Waals surface area contributed by atoms with Crippen molar-refractivity contribution >= 4 is 5.91 Å². The number of aryl methyl sites for hydroxylation is 1. The topological polar surface area (TPSA) is 69.2 Å². The maximum Gasteiger partial charge on any atom is 0.256 e. The maximum absolute atomic E-state index is 12.4. The first kappa shape index (κ1) is 12.9. The number of amides is 1. The van der Waals surface area contributed by atoms with Crippen molar-refractivity contribution in [3.8, 4) is 0 Å². The highest BCUT2D eigenvalue weighted by atomic mass is 16.3. The molecule has 0 bridgehead atoms. The second-order valence-corrected chi connectivity index (χ2v) is 5.20. The first-order valence-electron chi connectivity index (χ1n) is 6.69. The minimum Gasteiger partial charge on any atom is -0.378 e. The Kier molecular flexibility index (Phi) is 3.28. The predicted octanol–water partition coefficient (Wildman–Crippen LogP) is 1.34. The van der Waals surface area contributed by atoms with Crippen LogP contribution in [0.3, 0.4) is 0 Å². The molecule has 1 atom stereocenters. The molecule has 20 heavy (non-hydrogen) atoms. The minimum atomic E-state index is -1.09. The van der Waals surface area contributed by atoms with Gasteiger partial charge in [-0.15, -0.1) is 0 Å². The molecule has 0 saturated heterocycles. The Morgan fingerprint density at radius 3 is 3.15 bits per heavy atom. The number of nitrogens with one attached hydrogen (secondary N) is 1. The van der Waals surface area contributed by atoms with Crippen LogP contribution in [0.1, 0.15) is 28.5 Å². The summed E-state index contributed by atoms with van der Waals surface area (Å²) in [5.41, 5.74) is 3.79. The van der Waals surface area contributed by atoms with Gasteiger partial charge < -0.3 is 10.0 Å². The van der Waals surface area contributed by atoms with Gasteiger partial charge in [-0.3, -0.25) is 9.89 Å². The fourth-order valence-corrected chi connectivity index (χ4v) is 2.57. The number of aromatic amines is 1. The third kappa shape index (κ3) is 2.32. The normalized spacial score (nSPS) is 15.8. The van der Waals surface area contributed by atoms with Crippen molar-refractivity contribution in [1.29, 1.82) is 0 Å². The van der Waals surface area contributed by atoms with Gasteiger partial charge in [0.15, 0.2) is 6.10 Å². The van der Waals surface area contributed by atoms with E-state index < -0.39 is 6.10 Å². The van der Waals surface area contributed by atoms with Crippen LogP contribution < -0.4 is 0 Å². The predicted molar refractivity (Wildman–Crippen MR) is 73.8 cm³/mol. The number of aliphatic hydroxyl groups excluding tert-OH is 1. The molecule has 104 valence electrons. The van der Waals surface area contributed by atoms with E-state index in [2.05, 4.69) is 10.2 Å². The zero-order chi connectivity index (χ0) is 14.1. The van der Waals surface area contributed by atoms with E-state index in [1.165, 1.54) is 0 Å². The number of rotatable bonds is 2. The second kappa shape index (κ2) is 5.09. The van der Waals surface area contributed by atoms with Gasteiger partial charge >= 0.3 is 0 Å². The second-order valence-electron chi connectivity index (χ2n) is 5.20. The summed E-state index contributed by atoms with van der Waals surface area (Å²) in [4.78, 5) is 14.1. The number of aliphatic hydroxyl groups is 1. The fraction of sp³-hybridized carbons (Fsp3) is 0.333. The first-order valence-corrected chi connectivity index (χ1v) is 6.69. The largest absolute Gasteiger partial charge is 0.378 e. The molecule has 2 heterocycles. The van der Waals surface area contributed by atoms with Crippen LogP contribution in [-0.2, 0) is 17.8 Å². The van der Waals surface area contributed by atoms with Gasteiger partial charge in [-0.2, -0.15) is 5.10 Å². The van der Waals surface area contributed by atoms with Gasteiger partial charge in [-0.1, -0.05) is 29.8 Å². The average molecular weight is 271 g/mol. The molecule has 0 aliphatic carbocycles. The number of H-pyrrole nitrogens is 1. The summed E-state index contributed by atoms with van der Waals surface area (Å²) in [5.74, 6) is -0.248. The van der Waals surface area contributed by atoms with E-state index >= 15 is 0 Å². The van der Waals surface area contributed by atoms with Crippen molar-refractivity contribution in [3.05, 3.63) is 52.8 Å². The maximum atomic E-state index is 12.4. The highest BCUT2D eigenvalue weighted by Crippen LogP contribution is 2.22. The molecule has 1 aliphatic heterocycles. The molecular formula is C15H17N3O2. The van der Waals surface area contributed by atoms with Gasteiger partial charge in [0.05, 0.1) is 6.20 Å². The van der Waals surface area contributed by atoms with Gasteiger partial charge in [0, 0.05) is 30.8 Å². The molecule has 0 saturated carbocycles. The fourth-order valence-electron chi connectivity index (χ4n) is 2.57. The number of carbonyl (C=O) groups is 1. The lowest BCUT2D eigenvalue weighted by Crippen LogP contribution is -2.38. The summed E-state index contributed by atoms with van der Waals surface area (Å²) in [6.45, 7) is 3.06. The summed E-state index contributed by atoms with van der Waals surface area (Å²) in [6.07, 6.45) is 1.40. The van der Waals surface area contributed by atoms with Crippen LogP contribution in [0.2, 0.25) is 0 Å². The Bertz CT molecular complexity index is 636. The van der Waals surface area contributed by atoms with E-state index in [1.54, 1.807) is 17.2 Å². The van der Waals surface area contributed by atoms with Crippen LogP contribution in [-0.4, -0.2) is 32.7 Å². The Balaban J connectivity index is 1.76. The zero-order valence-electron chi connectivity index (χ0n) is 11.3. The average Bonchev–Trinajstić information content (AvgIpc) is 2.93. The molecule has 0 radical (unpaired) electrons. The number of benzene rings is 1. The smallest absolute Gasteiger partial charge is 0.256 e. The van der Waals surface area contributed by atoms with E-state index in [4.69, 9.17) is 0 Å². The van der Waals surface area contributed by atoms with Crippen molar-refractivity contribution in [3.63, 3.8) is 0 Å². The van der Waals surface area contributed by atoms with E-state index in [0.717, 1.165) is 23.2 Å². The molecule has 0 fully saturated rings. The third-order valence-electron chi connectivity index (χ3n) is 3.70. The molecule has 2 N–H and O–H groups in total. The van der Waals surface area contributed by atoms with Gasteiger partial charge in [-0.25, -0.2) is 0 Å². The quantitative estimate of drug-likeness (QED) is 0.866. The van der Waals surface area contributed by atoms with Crippen molar-refractivity contribution in [2.75, 3.05) is 6.54 Å². The highest BCUT2D eigenvalue weighted by Gasteiger charge is 2.27. The van der Waals surface area contributed by atoms with E-state index in [1.807, 2.05) is 25.1 Å². The van der Waals surface area contributed by atoms with Crippen LogP contribution >= 0.6 is 0 Å². The molecule has 1 amide bonds. The van der Waals surface area contributed by atoms with Crippen LogP contribution in [0.15, 0.2) is 30.5 Å². The van der Waals surface area contributed by atoms with Crippen LogP contribution in [0.5, 0.6) is 0 Å². The van der Waals surface area contributed by atoms with Crippen LogP contribution in [0.4, 0.5) is 0 Å².